The molecule has 1 unspecified atom stereocenters. The van der Waals surface area contributed by atoms with E-state index in [2.05, 4.69) is 10.6 Å². The smallest absolute Gasteiger partial charge is 0.407 e. The number of hydrogen-bond acceptors (Lipinski definition) is 3. The van der Waals surface area contributed by atoms with Gasteiger partial charge in [-0.3, -0.25) is 0 Å². The number of benzene rings is 1. The van der Waals surface area contributed by atoms with Gasteiger partial charge in [-0.15, -0.1) is 0 Å². The zero-order valence-corrected chi connectivity index (χ0v) is 11.4. The Hall–Kier alpha value is -0.970. The maximum atomic E-state index is 11.0. The molecule has 1 heterocycles. The summed E-state index contributed by atoms with van der Waals surface area (Å²) in [4.78, 5) is 11.0. The molecule has 1 aromatic carbocycles. The van der Waals surface area contributed by atoms with Crippen molar-refractivity contribution in [1.82, 2.24) is 10.6 Å². The molecule has 0 spiro atoms. The van der Waals surface area contributed by atoms with Gasteiger partial charge in [0.15, 0.2) is 0 Å². The molecule has 1 saturated heterocycles. The fraction of sp³-hybridized carbons (Fsp3) is 0.417. The average Bonchev–Trinajstić information content (AvgIpc) is 2.62. The topological polar surface area (TPSA) is 50.4 Å². The minimum absolute atomic E-state index is 0.365. The first-order valence-electron chi connectivity index (χ1n) is 5.58. The molecule has 18 heavy (non-hydrogen) atoms. The SMILES string of the molecule is CC1(CNCc2ccc(Cl)cc2Cl)COC(=O)N1. The summed E-state index contributed by atoms with van der Waals surface area (Å²) >= 11 is 11.9. The van der Waals surface area contributed by atoms with Crippen LogP contribution < -0.4 is 10.6 Å². The van der Waals surface area contributed by atoms with Crippen LogP contribution in [0.2, 0.25) is 10.0 Å². The second-order valence-corrected chi connectivity index (χ2v) is 5.44. The van der Waals surface area contributed by atoms with E-state index in [4.69, 9.17) is 27.9 Å². The lowest BCUT2D eigenvalue weighted by molar-refractivity contribution is 0.173. The predicted molar refractivity (Wildman–Crippen MR) is 71.1 cm³/mol. The molecule has 98 valence electrons. The Labute approximate surface area is 116 Å². The van der Waals surface area contributed by atoms with Crippen molar-refractivity contribution in [2.45, 2.75) is 19.0 Å². The molecule has 1 atom stereocenters. The van der Waals surface area contributed by atoms with Crippen molar-refractivity contribution in [3.8, 4) is 0 Å². The molecule has 1 aliphatic heterocycles. The molecule has 1 aromatic rings. The Balaban J connectivity index is 1.87. The Bertz CT molecular complexity index is 467. The predicted octanol–water partition coefficient (Wildman–Crippen LogP) is 2.58. The molecular formula is C12H14Cl2N2O2. The molecule has 2 N–H and O–H groups in total. The number of ether oxygens (including phenoxy) is 1. The highest BCUT2D eigenvalue weighted by Gasteiger charge is 2.34. The molecule has 0 aliphatic carbocycles. The van der Waals surface area contributed by atoms with Gasteiger partial charge in [-0.2, -0.15) is 0 Å². The van der Waals surface area contributed by atoms with Crippen LogP contribution in [0.1, 0.15) is 12.5 Å². The quantitative estimate of drug-likeness (QED) is 0.895. The summed E-state index contributed by atoms with van der Waals surface area (Å²) < 4.78 is 4.88. The van der Waals surface area contributed by atoms with Gasteiger partial charge >= 0.3 is 6.09 Å². The van der Waals surface area contributed by atoms with Crippen molar-refractivity contribution in [3.63, 3.8) is 0 Å². The number of rotatable bonds is 4. The van der Waals surface area contributed by atoms with Gasteiger partial charge in [-0.05, 0) is 24.6 Å². The van der Waals surface area contributed by atoms with Crippen LogP contribution in [0.15, 0.2) is 18.2 Å². The number of carbonyl (C=O) groups excluding carboxylic acids is 1. The van der Waals surface area contributed by atoms with Gasteiger partial charge in [0, 0.05) is 23.1 Å². The van der Waals surface area contributed by atoms with E-state index in [-0.39, 0.29) is 11.6 Å². The first-order valence-corrected chi connectivity index (χ1v) is 6.34. The van der Waals surface area contributed by atoms with Gasteiger partial charge in [0.05, 0.1) is 5.54 Å². The molecule has 0 bridgehead atoms. The molecule has 4 nitrogen and oxygen atoms in total. The Morgan fingerprint density at radius 1 is 1.50 bits per heavy atom. The van der Waals surface area contributed by atoms with Crippen molar-refractivity contribution in [3.05, 3.63) is 33.8 Å². The summed E-state index contributed by atoms with van der Waals surface area (Å²) in [5, 5.41) is 7.25. The second kappa shape index (κ2) is 5.34. The fourth-order valence-electron chi connectivity index (χ4n) is 1.78. The van der Waals surface area contributed by atoms with Crippen LogP contribution in [0.25, 0.3) is 0 Å². The van der Waals surface area contributed by atoms with Crippen molar-refractivity contribution in [2.24, 2.45) is 0 Å². The van der Waals surface area contributed by atoms with Crippen molar-refractivity contribution >= 4 is 29.3 Å². The molecule has 0 saturated carbocycles. The fourth-order valence-corrected chi connectivity index (χ4v) is 2.25. The maximum absolute atomic E-state index is 11.0. The number of halogens is 2. The third-order valence-electron chi connectivity index (χ3n) is 2.77. The Kier molecular flexibility index (Phi) is 4.00. The van der Waals surface area contributed by atoms with E-state index in [0.717, 1.165) is 5.56 Å². The molecule has 0 aromatic heterocycles. The second-order valence-electron chi connectivity index (χ2n) is 4.60. The number of hydrogen-bond donors (Lipinski definition) is 2. The van der Waals surface area contributed by atoms with Crippen LogP contribution in [0, 0.1) is 0 Å². The zero-order chi connectivity index (χ0) is 13.2. The minimum Gasteiger partial charge on any atom is -0.447 e. The van der Waals surface area contributed by atoms with Gasteiger partial charge in [0.25, 0.3) is 0 Å². The highest BCUT2D eigenvalue weighted by Crippen LogP contribution is 2.21. The summed E-state index contributed by atoms with van der Waals surface area (Å²) in [7, 11) is 0. The van der Waals surface area contributed by atoms with E-state index in [1.54, 1.807) is 12.1 Å². The Morgan fingerprint density at radius 3 is 2.89 bits per heavy atom. The number of cyclic esters (lactones) is 1. The number of amides is 1. The van der Waals surface area contributed by atoms with Crippen LogP contribution in [0.5, 0.6) is 0 Å². The van der Waals surface area contributed by atoms with Crippen molar-refractivity contribution in [1.29, 1.82) is 0 Å². The van der Waals surface area contributed by atoms with E-state index in [1.807, 2.05) is 13.0 Å². The molecule has 1 aliphatic rings. The first kappa shape index (κ1) is 13.5. The zero-order valence-electron chi connectivity index (χ0n) is 9.93. The lowest BCUT2D eigenvalue weighted by atomic mass is 10.1. The molecule has 2 rings (SSSR count). The lowest BCUT2D eigenvalue weighted by Gasteiger charge is -2.21. The van der Waals surface area contributed by atoms with E-state index in [1.165, 1.54) is 0 Å². The number of nitrogens with one attached hydrogen (secondary N) is 2. The monoisotopic (exact) mass is 288 g/mol. The molecule has 1 fully saturated rings. The van der Waals surface area contributed by atoms with Gasteiger partial charge in [-0.25, -0.2) is 4.79 Å². The van der Waals surface area contributed by atoms with E-state index in [9.17, 15) is 4.79 Å². The number of carbonyl (C=O) groups is 1. The summed E-state index contributed by atoms with van der Waals surface area (Å²) in [5.74, 6) is 0. The van der Waals surface area contributed by atoms with E-state index >= 15 is 0 Å². The van der Waals surface area contributed by atoms with Crippen LogP contribution in [-0.4, -0.2) is 24.8 Å². The summed E-state index contributed by atoms with van der Waals surface area (Å²) in [5.41, 5.74) is 0.602. The average molecular weight is 289 g/mol. The van der Waals surface area contributed by atoms with Crippen molar-refractivity contribution < 1.29 is 9.53 Å². The molecular weight excluding hydrogens is 275 g/mol. The van der Waals surface area contributed by atoms with Gasteiger partial charge < -0.3 is 15.4 Å². The van der Waals surface area contributed by atoms with Crippen LogP contribution >= 0.6 is 23.2 Å². The normalized spacial score (nSPS) is 22.7. The first-order chi connectivity index (χ1) is 8.48. The summed E-state index contributed by atoms with van der Waals surface area (Å²) in [6.45, 7) is 3.51. The lowest BCUT2D eigenvalue weighted by Crippen LogP contribution is -2.48. The van der Waals surface area contributed by atoms with Gasteiger partial charge in [0.1, 0.15) is 6.61 Å². The van der Waals surface area contributed by atoms with Gasteiger partial charge in [-0.1, -0.05) is 29.3 Å². The van der Waals surface area contributed by atoms with Crippen LogP contribution in [-0.2, 0) is 11.3 Å². The largest absolute Gasteiger partial charge is 0.447 e. The van der Waals surface area contributed by atoms with Crippen LogP contribution in [0.3, 0.4) is 0 Å². The highest BCUT2D eigenvalue weighted by atomic mass is 35.5. The van der Waals surface area contributed by atoms with E-state index in [0.29, 0.717) is 29.7 Å². The maximum Gasteiger partial charge on any atom is 0.407 e. The molecule has 0 radical (unpaired) electrons. The molecule has 6 heteroatoms. The van der Waals surface area contributed by atoms with E-state index < -0.39 is 0 Å². The third kappa shape index (κ3) is 3.28. The minimum atomic E-state index is -0.371. The highest BCUT2D eigenvalue weighted by molar-refractivity contribution is 6.35. The van der Waals surface area contributed by atoms with Crippen LogP contribution in [0.4, 0.5) is 4.79 Å². The van der Waals surface area contributed by atoms with Gasteiger partial charge in [0.2, 0.25) is 0 Å². The standard InChI is InChI=1S/C12H14Cl2N2O2/c1-12(7-18-11(17)16-12)6-15-5-8-2-3-9(13)4-10(8)14/h2-4,15H,5-7H2,1H3,(H,16,17). The Morgan fingerprint density at radius 2 is 2.28 bits per heavy atom. The third-order valence-corrected chi connectivity index (χ3v) is 3.36. The summed E-state index contributed by atoms with van der Waals surface area (Å²) in [6, 6.07) is 5.39. The molecule has 1 amide bonds. The van der Waals surface area contributed by atoms with Crippen molar-refractivity contribution in [2.75, 3.05) is 13.2 Å². The number of alkyl carbamates (subject to hydrolysis) is 1. The summed E-state index contributed by atoms with van der Waals surface area (Å²) in [6.07, 6.45) is -0.371.